The molecule has 0 radical (unpaired) electrons. The predicted molar refractivity (Wildman–Crippen MR) is 85.8 cm³/mol. The number of ether oxygens (including phenoxy) is 1. The standard InChI is InChI=1S/C17H24N2O3/c1-12(20)18-14-8-6-13(7-9-14)10-17(21)19-15-4-3-5-16(11-15)22-2/h3-5,11,13-14H,6-10H2,1-2H3,(H,18,20)(H,19,21). The van der Waals surface area contributed by atoms with Gasteiger partial charge in [0.05, 0.1) is 7.11 Å². The van der Waals surface area contributed by atoms with E-state index in [4.69, 9.17) is 4.74 Å². The fraction of sp³-hybridized carbons (Fsp3) is 0.529. The predicted octanol–water partition coefficient (Wildman–Crippen LogP) is 2.72. The van der Waals surface area contributed by atoms with Gasteiger partial charge in [-0.15, -0.1) is 0 Å². The van der Waals surface area contributed by atoms with E-state index in [9.17, 15) is 9.59 Å². The number of hydrogen-bond donors (Lipinski definition) is 2. The zero-order chi connectivity index (χ0) is 15.9. The van der Waals surface area contributed by atoms with Crippen molar-refractivity contribution < 1.29 is 14.3 Å². The van der Waals surface area contributed by atoms with E-state index in [1.807, 2.05) is 24.3 Å². The van der Waals surface area contributed by atoms with Crippen LogP contribution in [0, 0.1) is 5.92 Å². The lowest BCUT2D eigenvalue weighted by Gasteiger charge is -2.28. The highest BCUT2D eigenvalue weighted by molar-refractivity contribution is 5.91. The summed E-state index contributed by atoms with van der Waals surface area (Å²) in [7, 11) is 1.61. The first kappa shape index (κ1) is 16.3. The highest BCUT2D eigenvalue weighted by atomic mass is 16.5. The van der Waals surface area contributed by atoms with Gasteiger partial charge in [0, 0.05) is 31.1 Å². The summed E-state index contributed by atoms with van der Waals surface area (Å²) in [5.41, 5.74) is 0.760. The van der Waals surface area contributed by atoms with E-state index in [1.54, 1.807) is 14.0 Å². The molecule has 5 nitrogen and oxygen atoms in total. The number of carbonyl (C=O) groups is 2. The number of rotatable bonds is 5. The molecule has 2 rings (SSSR count). The molecule has 0 atom stereocenters. The molecule has 0 aromatic heterocycles. The lowest BCUT2D eigenvalue weighted by atomic mass is 9.84. The van der Waals surface area contributed by atoms with E-state index >= 15 is 0 Å². The second-order valence-electron chi connectivity index (χ2n) is 5.90. The summed E-state index contributed by atoms with van der Waals surface area (Å²) in [4.78, 5) is 23.2. The van der Waals surface area contributed by atoms with E-state index in [-0.39, 0.29) is 17.9 Å². The van der Waals surface area contributed by atoms with Gasteiger partial charge in [0.1, 0.15) is 5.75 Å². The molecular weight excluding hydrogens is 280 g/mol. The van der Waals surface area contributed by atoms with Crippen LogP contribution in [0.25, 0.3) is 0 Å². The highest BCUT2D eigenvalue weighted by Crippen LogP contribution is 2.27. The third-order valence-corrected chi connectivity index (χ3v) is 4.08. The molecule has 1 aromatic rings. The van der Waals surface area contributed by atoms with Gasteiger partial charge in [-0.2, -0.15) is 0 Å². The largest absolute Gasteiger partial charge is 0.497 e. The summed E-state index contributed by atoms with van der Waals surface area (Å²) in [6, 6.07) is 7.64. The minimum atomic E-state index is 0.0271. The van der Waals surface area contributed by atoms with Gasteiger partial charge in [-0.25, -0.2) is 0 Å². The van der Waals surface area contributed by atoms with Gasteiger partial charge < -0.3 is 15.4 Å². The van der Waals surface area contributed by atoms with Crippen LogP contribution in [0.3, 0.4) is 0 Å². The minimum Gasteiger partial charge on any atom is -0.497 e. The number of hydrogen-bond acceptors (Lipinski definition) is 3. The number of benzene rings is 1. The molecule has 22 heavy (non-hydrogen) atoms. The van der Waals surface area contributed by atoms with Gasteiger partial charge >= 0.3 is 0 Å². The van der Waals surface area contributed by atoms with E-state index in [2.05, 4.69) is 10.6 Å². The van der Waals surface area contributed by atoms with Crippen molar-refractivity contribution in [2.24, 2.45) is 5.92 Å². The average Bonchev–Trinajstić information content (AvgIpc) is 2.49. The van der Waals surface area contributed by atoms with E-state index in [0.29, 0.717) is 12.3 Å². The van der Waals surface area contributed by atoms with Crippen LogP contribution in [-0.4, -0.2) is 25.0 Å². The summed E-state index contributed by atoms with van der Waals surface area (Å²) in [6.45, 7) is 1.55. The molecule has 0 bridgehead atoms. The van der Waals surface area contributed by atoms with Crippen LogP contribution < -0.4 is 15.4 Å². The van der Waals surface area contributed by atoms with Crippen molar-refractivity contribution in [1.29, 1.82) is 0 Å². The third kappa shape index (κ3) is 5.06. The van der Waals surface area contributed by atoms with Crippen molar-refractivity contribution >= 4 is 17.5 Å². The first-order valence-corrected chi connectivity index (χ1v) is 7.78. The first-order chi connectivity index (χ1) is 10.6. The number of nitrogens with one attached hydrogen (secondary N) is 2. The summed E-state index contributed by atoms with van der Waals surface area (Å²) in [5, 5.41) is 5.87. The van der Waals surface area contributed by atoms with E-state index in [1.165, 1.54) is 0 Å². The molecular formula is C17H24N2O3. The SMILES string of the molecule is COc1cccc(NC(=O)CC2CCC(NC(C)=O)CC2)c1. The van der Waals surface area contributed by atoms with Crippen LogP contribution in [0.1, 0.15) is 39.0 Å². The Morgan fingerprint density at radius 3 is 2.59 bits per heavy atom. The van der Waals surface area contributed by atoms with Crippen molar-refractivity contribution in [3.63, 3.8) is 0 Å². The molecule has 2 N–H and O–H groups in total. The summed E-state index contributed by atoms with van der Waals surface area (Å²) in [6.07, 6.45) is 4.41. The Kier molecular flexibility index (Phi) is 5.81. The maximum absolute atomic E-state index is 12.1. The summed E-state index contributed by atoms with van der Waals surface area (Å²) in [5.74, 6) is 1.19. The molecule has 1 aromatic carbocycles. The number of carbonyl (C=O) groups excluding carboxylic acids is 2. The van der Waals surface area contributed by atoms with Gasteiger partial charge in [0.15, 0.2) is 0 Å². The van der Waals surface area contributed by atoms with E-state index < -0.39 is 0 Å². The Labute approximate surface area is 131 Å². The molecule has 5 heteroatoms. The molecule has 2 amide bonds. The summed E-state index contributed by atoms with van der Waals surface area (Å²) < 4.78 is 5.14. The van der Waals surface area contributed by atoms with Crippen molar-refractivity contribution in [2.75, 3.05) is 12.4 Å². The molecule has 1 aliphatic rings. The number of methoxy groups -OCH3 is 1. The molecule has 0 spiro atoms. The van der Waals surface area contributed by atoms with Crippen LogP contribution in [-0.2, 0) is 9.59 Å². The fourth-order valence-corrected chi connectivity index (χ4v) is 2.97. The smallest absolute Gasteiger partial charge is 0.224 e. The molecule has 1 saturated carbocycles. The fourth-order valence-electron chi connectivity index (χ4n) is 2.97. The van der Waals surface area contributed by atoms with E-state index in [0.717, 1.165) is 37.1 Å². The van der Waals surface area contributed by atoms with Gasteiger partial charge in [-0.05, 0) is 43.7 Å². The second kappa shape index (κ2) is 7.82. The van der Waals surface area contributed by atoms with Crippen molar-refractivity contribution in [2.45, 2.75) is 45.1 Å². The summed E-state index contributed by atoms with van der Waals surface area (Å²) >= 11 is 0. The maximum Gasteiger partial charge on any atom is 0.224 e. The van der Waals surface area contributed by atoms with Crippen LogP contribution in [0.5, 0.6) is 5.75 Å². The van der Waals surface area contributed by atoms with Crippen LogP contribution in [0.2, 0.25) is 0 Å². The van der Waals surface area contributed by atoms with Crippen LogP contribution in [0.15, 0.2) is 24.3 Å². The topological polar surface area (TPSA) is 67.4 Å². The Hall–Kier alpha value is -2.04. The molecule has 120 valence electrons. The van der Waals surface area contributed by atoms with Gasteiger partial charge in [-0.1, -0.05) is 6.07 Å². The Morgan fingerprint density at radius 1 is 1.23 bits per heavy atom. The maximum atomic E-state index is 12.1. The lowest BCUT2D eigenvalue weighted by molar-refractivity contribution is -0.120. The van der Waals surface area contributed by atoms with Gasteiger partial charge in [0.25, 0.3) is 0 Å². The first-order valence-electron chi connectivity index (χ1n) is 7.78. The van der Waals surface area contributed by atoms with Crippen molar-refractivity contribution in [1.82, 2.24) is 5.32 Å². The Bertz CT molecular complexity index is 522. The van der Waals surface area contributed by atoms with Crippen molar-refractivity contribution in [3.05, 3.63) is 24.3 Å². The normalized spacial score (nSPS) is 21.0. The van der Waals surface area contributed by atoms with Gasteiger partial charge in [-0.3, -0.25) is 9.59 Å². The second-order valence-corrected chi connectivity index (χ2v) is 5.90. The molecule has 0 unspecified atom stereocenters. The number of anilines is 1. The average molecular weight is 304 g/mol. The minimum absolute atomic E-state index is 0.0271. The number of amides is 2. The molecule has 0 aliphatic heterocycles. The Morgan fingerprint density at radius 2 is 1.95 bits per heavy atom. The quantitative estimate of drug-likeness (QED) is 0.879. The van der Waals surface area contributed by atoms with Crippen LogP contribution >= 0.6 is 0 Å². The lowest BCUT2D eigenvalue weighted by Crippen LogP contribution is -2.36. The third-order valence-electron chi connectivity index (χ3n) is 4.08. The zero-order valence-corrected chi connectivity index (χ0v) is 13.2. The molecule has 1 fully saturated rings. The monoisotopic (exact) mass is 304 g/mol. The molecule has 0 saturated heterocycles. The zero-order valence-electron chi connectivity index (χ0n) is 13.2. The molecule has 0 heterocycles. The van der Waals surface area contributed by atoms with Crippen molar-refractivity contribution in [3.8, 4) is 5.75 Å². The van der Waals surface area contributed by atoms with Gasteiger partial charge in [0.2, 0.25) is 11.8 Å². The highest BCUT2D eigenvalue weighted by Gasteiger charge is 2.23. The van der Waals surface area contributed by atoms with Crippen LogP contribution in [0.4, 0.5) is 5.69 Å². The Balaban J connectivity index is 1.77. The molecule has 1 aliphatic carbocycles.